The minimum absolute atomic E-state index is 0.0753. The summed E-state index contributed by atoms with van der Waals surface area (Å²) >= 11 is 13.7. The van der Waals surface area contributed by atoms with E-state index < -0.39 is 11.6 Å². The second kappa shape index (κ2) is 11.0. The van der Waals surface area contributed by atoms with E-state index in [1.807, 2.05) is 36.4 Å². The van der Waals surface area contributed by atoms with Crippen LogP contribution in [0.25, 0.3) is 11.0 Å². The molecule has 1 fully saturated rings. The van der Waals surface area contributed by atoms with Crippen LogP contribution in [0.1, 0.15) is 64.0 Å². The molecule has 1 aromatic heterocycles. The maximum Gasteiger partial charge on any atom is 0.349 e. The second-order valence-corrected chi connectivity index (χ2v) is 12.3. The Hall–Kier alpha value is -2.35. The van der Waals surface area contributed by atoms with Crippen LogP contribution < -0.4 is 4.74 Å². The SMILES string of the molecule is COc1ccc(CCC2(C3CCCC3)CC(O)=C(Sc3nc4cc(Cl)ccc4n3C(C)C)C(=O)O2)cc1Cl. The molecule has 3 aromatic rings. The molecule has 1 atom stereocenters. The van der Waals surface area contributed by atoms with Crippen molar-refractivity contribution in [2.45, 2.75) is 75.6 Å². The van der Waals surface area contributed by atoms with Gasteiger partial charge in [0, 0.05) is 17.5 Å². The zero-order valence-electron chi connectivity index (χ0n) is 21.8. The highest BCUT2D eigenvalue weighted by Gasteiger charge is 2.48. The number of hydrogen-bond donors (Lipinski definition) is 1. The van der Waals surface area contributed by atoms with Crippen LogP contribution in [-0.4, -0.2) is 33.3 Å². The third-order valence-electron chi connectivity index (χ3n) is 7.69. The van der Waals surface area contributed by atoms with E-state index in [4.69, 9.17) is 37.7 Å². The molecule has 1 saturated carbocycles. The summed E-state index contributed by atoms with van der Waals surface area (Å²) in [7, 11) is 1.59. The number of fused-ring (bicyclic) bond motifs is 1. The van der Waals surface area contributed by atoms with E-state index in [1.54, 1.807) is 7.11 Å². The summed E-state index contributed by atoms with van der Waals surface area (Å²) in [6.45, 7) is 4.12. The molecule has 0 spiro atoms. The quantitative estimate of drug-likeness (QED) is 0.273. The Morgan fingerprint density at radius 1 is 1.21 bits per heavy atom. The standard InChI is InChI=1S/C29H32Cl2N2O4S/c1-17(2)33-23-10-9-20(30)15-22(23)32-28(33)38-26-24(34)16-29(37-27(26)35,19-6-4-5-7-19)13-12-18-8-11-25(36-3)21(31)14-18/h8-11,14-15,17,19,34H,4-7,12-13,16H2,1-3H3. The number of aliphatic hydroxyl groups excluding tert-OH is 1. The molecule has 9 heteroatoms. The summed E-state index contributed by atoms with van der Waals surface area (Å²) in [5.74, 6) is 0.420. The van der Waals surface area contributed by atoms with Crippen molar-refractivity contribution in [3.05, 3.63) is 62.7 Å². The molecule has 202 valence electrons. The number of halogens is 2. The molecule has 1 aliphatic heterocycles. The topological polar surface area (TPSA) is 73.6 Å². The molecule has 0 amide bonds. The summed E-state index contributed by atoms with van der Waals surface area (Å²) in [4.78, 5) is 18.5. The lowest BCUT2D eigenvalue weighted by Crippen LogP contribution is -2.45. The van der Waals surface area contributed by atoms with Gasteiger partial charge < -0.3 is 19.1 Å². The number of carbonyl (C=O) groups excluding carboxylic acids is 1. The number of carbonyl (C=O) groups is 1. The van der Waals surface area contributed by atoms with Crippen LogP contribution in [0.2, 0.25) is 10.0 Å². The van der Waals surface area contributed by atoms with E-state index in [-0.39, 0.29) is 22.6 Å². The van der Waals surface area contributed by atoms with Gasteiger partial charge in [-0.2, -0.15) is 0 Å². The second-order valence-electron chi connectivity index (χ2n) is 10.5. The molecular formula is C29H32Cl2N2O4S. The van der Waals surface area contributed by atoms with Crippen molar-refractivity contribution >= 4 is 52.0 Å². The molecule has 1 unspecified atom stereocenters. The number of benzene rings is 2. The first-order valence-electron chi connectivity index (χ1n) is 13.0. The average molecular weight is 576 g/mol. The van der Waals surface area contributed by atoms with E-state index in [1.165, 1.54) is 0 Å². The Kier molecular flexibility index (Phi) is 7.90. The first-order chi connectivity index (χ1) is 18.2. The van der Waals surface area contributed by atoms with E-state index in [9.17, 15) is 9.90 Å². The maximum absolute atomic E-state index is 13.5. The Balaban J connectivity index is 1.44. The number of ether oxygens (including phenoxy) is 2. The number of aryl methyl sites for hydroxylation is 1. The van der Waals surface area contributed by atoms with Crippen LogP contribution >= 0.6 is 35.0 Å². The van der Waals surface area contributed by atoms with Gasteiger partial charge in [0.25, 0.3) is 0 Å². The monoisotopic (exact) mass is 574 g/mol. The highest BCUT2D eigenvalue weighted by molar-refractivity contribution is 8.03. The van der Waals surface area contributed by atoms with Crippen LogP contribution in [-0.2, 0) is 16.0 Å². The molecule has 0 bridgehead atoms. The fourth-order valence-electron chi connectivity index (χ4n) is 5.81. The summed E-state index contributed by atoms with van der Waals surface area (Å²) in [6.07, 6.45) is 5.75. The van der Waals surface area contributed by atoms with Gasteiger partial charge in [0.1, 0.15) is 22.0 Å². The highest BCUT2D eigenvalue weighted by atomic mass is 35.5. The first kappa shape index (κ1) is 27.2. The molecule has 5 rings (SSSR count). The maximum atomic E-state index is 13.5. The van der Waals surface area contributed by atoms with E-state index in [0.717, 1.165) is 54.0 Å². The van der Waals surface area contributed by atoms with Crippen LogP contribution in [0.5, 0.6) is 5.75 Å². The number of aliphatic hydroxyl groups is 1. The van der Waals surface area contributed by atoms with E-state index >= 15 is 0 Å². The van der Waals surface area contributed by atoms with Crippen LogP contribution in [0.4, 0.5) is 0 Å². The van der Waals surface area contributed by atoms with Gasteiger partial charge >= 0.3 is 5.97 Å². The van der Waals surface area contributed by atoms with Gasteiger partial charge in [-0.25, -0.2) is 9.78 Å². The predicted molar refractivity (Wildman–Crippen MR) is 152 cm³/mol. The van der Waals surface area contributed by atoms with Gasteiger partial charge in [-0.3, -0.25) is 0 Å². The number of aromatic nitrogens is 2. The molecular weight excluding hydrogens is 543 g/mol. The summed E-state index contributed by atoms with van der Waals surface area (Å²) in [5, 5.41) is 13.1. The van der Waals surface area contributed by atoms with Crippen molar-refractivity contribution in [3.63, 3.8) is 0 Å². The van der Waals surface area contributed by atoms with Gasteiger partial charge in [0.2, 0.25) is 0 Å². The summed E-state index contributed by atoms with van der Waals surface area (Å²) < 4.78 is 13.6. The molecule has 2 heterocycles. The zero-order chi connectivity index (χ0) is 27.0. The van der Waals surface area contributed by atoms with Gasteiger partial charge in [0.15, 0.2) is 5.16 Å². The Bertz CT molecular complexity index is 1400. The number of esters is 1. The van der Waals surface area contributed by atoms with Gasteiger partial charge in [-0.05, 0) is 93.1 Å². The van der Waals surface area contributed by atoms with E-state index in [0.29, 0.717) is 40.2 Å². The molecule has 2 aromatic carbocycles. The number of hydrogen-bond acceptors (Lipinski definition) is 6. The predicted octanol–water partition coefficient (Wildman–Crippen LogP) is 8.30. The van der Waals surface area contributed by atoms with Crippen molar-refractivity contribution < 1.29 is 19.4 Å². The lowest BCUT2D eigenvalue weighted by atomic mass is 9.77. The molecule has 38 heavy (non-hydrogen) atoms. The van der Waals surface area contributed by atoms with E-state index in [2.05, 4.69) is 18.4 Å². The van der Waals surface area contributed by atoms with Crippen LogP contribution in [0, 0.1) is 5.92 Å². The Morgan fingerprint density at radius 2 is 1.97 bits per heavy atom. The smallest absolute Gasteiger partial charge is 0.349 e. The minimum Gasteiger partial charge on any atom is -0.511 e. The van der Waals surface area contributed by atoms with Crippen molar-refractivity contribution in [1.82, 2.24) is 9.55 Å². The first-order valence-corrected chi connectivity index (χ1v) is 14.6. The lowest BCUT2D eigenvalue weighted by Gasteiger charge is -2.41. The fourth-order valence-corrected chi connectivity index (χ4v) is 7.30. The number of methoxy groups -OCH3 is 1. The van der Waals surface area contributed by atoms with Gasteiger partial charge in [-0.15, -0.1) is 0 Å². The molecule has 0 radical (unpaired) electrons. The average Bonchev–Trinajstić information content (AvgIpc) is 3.53. The van der Waals surface area contributed by atoms with Crippen molar-refractivity contribution in [3.8, 4) is 5.75 Å². The largest absolute Gasteiger partial charge is 0.511 e. The summed E-state index contributed by atoms with van der Waals surface area (Å²) in [6, 6.07) is 11.4. The van der Waals surface area contributed by atoms with Crippen molar-refractivity contribution in [2.75, 3.05) is 7.11 Å². The minimum atomic E-state index is -0.750. The normalized spacial score (nSPS) is 20.5. The fraction of sp³-hybridized carbons (Fsp3) is 0.448. The third-order valence-corrected chi connectivity index (χ3v) is 9.30. The molecule has 0 saturated heterocycles. The third kappa shape index (κ3) is 5.25. The van der Waals surface area contributed by atoms with Crippen LogP contribution in [0.3, 0.4) is 0 Å². The number of imidazole rings is 1. The zero-order valence-corrected chi connectivity index (χ0v) is 24.1. The lowest BCUT2D eigenvalue weighted by molar-refractivity contribution is -0.166. The van der Waals surface area contributed by atoms with Gasteiger partial charge in [0.05, 0.1) is 23.2 Å². The molecule has 1 N–H and O–H groups in total. The van der Waals surface area contributed by atoms with Crippen molar-refractivity contribution in [1.29, 1.82) is 0 Å². The number of cyclic esters (lactones) is 1. The van der Waals surface area contributed by atoms with Crippen LogP contribution in [0.15, 0.2) is 52.2 Å². The number of rotatable bonds is 8. The van der Waals surface area contributed by atoms with Gasteiger partial charge in [-0.1, -0.05) is 42.1 Å². The number of thioether (sulfide) groups is 1. The molecule has 2 aliphatic rings. The highest BCUT2D eigenvalue weighted by Crippen LogP contribution is 2.48. The molecule has 1 aliphatic carbocycles. The number of nitrogens with zero attached hydrogens (tertiary/aromatic N) is 2. The Morgan fingerprint density at radius 3 is 2.63 bits per heavy atom. The summed E-state index contributed by atoms with van der Waals surface area (Å²) in [5.41, 5.74) is 1.96. The Labute approximate surface area is 237 Å². The van der Waals surface area contributed by atoms with Crippen molar-refractivity contribution in [2.24, 2.45) is 5.92 Å². The molecule has 6 nitrogen and oxygen atoms in total.